The third kappa shape index (κ3) is 4.61. The molecule has 1 aliphatic heterocycles. The van der Waals surface area contributed by atoms with Gasteiger partial charge in [-0.1, -0.05) is 28.4 Å². The van der Waals surface area contributed by atoms with Gasteiger partial charge in [-0.15, -0.1) is 0 Å². The molecule has 0 amide bonds. The van der Waals surface area contributed by atoms with Gasteiger partial charge in [-0.05, 0) is 42.6 Å². The number of nitro benzene ring substituents is 1. The summed E-state index contributed by atoms with van der Waals surface area (Å²) < 4.78 is 49.1. The SMILES string of the molecule is Cc1cc(C)c(-[n+]2cn3c(n2)CO[C@H]2Cc4ccc([N+](=O)[O-])cc4[C@H]23)c(C)c1.F[B-](F)(F)F. The average Bonchev–Trinajstić information content (AvgIpc) is 3.25. The Bertz CT molecular complexity index is 1220. The first-order chi connectivity index (χ1) is 15.4. The fourth-order valence-electron chi connectivity index (χ4n) is 4.71. The lowest BCUT2D eigenvalue weighted by Crippen LogP contribution is -2.34. The quantitative estimate of drug-likeness (QED) is 0.186. The van der Waals surface area contributed by atoms with Crippen LogP contribution in [0.3, 0.4) is 0 Å². The van der Waals surface area contributed by atoms with Crippen molar-refractivity contribution in [3.63, 3.8) is 0 Å². The van der Waals surface area contributed by atoms with Gasteiger partial charge in [-0.2, -0.15) is 0 Å². The van der Waals surface area contributed by atoms with Gasteiger partial charge in [0, 0.05) is 24.1 Å². The third-order valence-corrected chi connectivity index (χ3v) is 5.78. The van der Waals surface area contributed by atoms with Crippen molar-refractivity contribution in [2.24, 2.45) is 0 Å². The number of ether oxygens (including phenoxy) is 1. The molecule has 0 radical (unpaired) electrons. The third-order valence-electron chi connectivity index (χ3n) is 5.78. The zero-order valence-corrected chi connectivity index (χ0v) is 18.1. The molecular weight excluding hydrogens is 443 g/mol. The summed E-state index contributed by atoms with van der Waals surface area (Å²) in [7, 11) is -6.00. The molecule has 7 nitrogen and oxygen atoms in total. The zero-order chi connectivity index (χ0) is 24.1. The molecule has 0 fully saturated rings. The number of rotatable bonds is 2. The second-order valence-corrected chi connectivity index (χ2v) is 8.26. The van der Waals surface area contributed by atoms with Gasteiger partial charge in [0.25, 0.3) is 17.8 Å². The van der Waals surface area contributed by atoms with Crippen LogP contribution in [-0.2, 0) is 17.8 Å². The number of aryl methyl sites for hydroxylation is 3. The van der Waals surface area contributed by atoms with Crippen molar-refractivity contribution in [3.05, 3.63) is 80.4 Å². The molecule has 0 spiro atoms. The van der Waals surface area contributed by atoms with Crippen LogP contribution in [0.5, 0.6) is 0 Å². The molecule has 2 aliphatic rings. The Balaban J connectivity index is 0.000000471. The topological polar surface area (TPSA) is 74.1 Å². The van der Waals surface area contributed by atoms with E-state index in [0.717, 1.165) is 40.2 Å². The Kier molecular flexibility index (Phi) is 5.73. The predicted molar refractivity (Wildman–Crippen MR) is 112 cm³/mol. The van der Waals surface area contributed by atoms with Crippen molar-refractivity contribution in [3.8, 4) is 5.69 Å². The molecule has 0 saturated carbocycles. The summed E-state index contributed by atoms with van der Waals surface area (Å²) in [4.78, 5) is 10.9. The minimum absolute atomic E-state index is 0.0210. The summed E-state index contributed by atoms with van der Waals surface area (Å²) in [5.74, 6) is 0.833. The molecule has 2 atom stereocenters. The number of fused-ring (bicyclic) bond motifs is 5. The highest BCUT2D eigenvalue weighted by atomic mass is 19.5. The average molecular weight is 464 g/mol. The molecule has 2 aromatic carbocycles. The van der Waals surface area contributed by atoms with Gasteiger partial charge in [0.15, 0.2) is 11.7 Å². The first kappa shape index (κ1) is 22.9. The van der Waals surface area contributed by atoms with E-state index in [2.05, 4.69) is 37.5 Å². The van der Waals surface area contributed by atoms with E-state index in [4.69, 9.17) is 9.84 Å². The van der Waals surface area contributed by atoms with Crippen molar-refractivity contribution in [2.45, 2.75) is 45.9 Å². The number of nitrogens with zero attached hydrogens (tertiary/aromatic N) is 4. The second-order valence-electron chi connectivity index (χ2n) is 8.26. The van der Waals surface area contributed by atoms with E-state index in [1.807, 2.05) is 17.1 Å². The zero-order valence-electron chi connectivity index (χ0n) is 18.1. The van der Waals surface area contributed by atoms with Crippen LogP contribution in [0.4, 0.5) is 23.0 Å². The van der Waals surface area contributed by atoms with Gasteiger partial charge in [0.05, 0.1) is 4.92 Å². The second kappa shape index (κ2) is 8.25. The monoisotopic (exact) mass is 464 g/mol. The lowest BCUT2D eigenvalue weighted by atomic mass is 10.1. The molecule has 0 unspecified atom stereocenters. The van der Waals surface area contributed by atoms with E-state index < -0.39 is 7.25 Å². The molecule has 12 heteroatoms. The lowest BCUT2D eigenvalue weighted by molar-refractivity contribution is -0.658. The largest absolute Gasteiger partial charge is 0.673 e. The maximum atomic E-state index is 11.2. The number of hydrogen-bond acceptors (Lipinski definition) is 4. The Hall–Kier alpha value is -3.28. The van der Waals surface area contributed by atoms with Crippen LogP contribution in [0.25, 0.3) is 5.69 Å². The highest BCUT2D eigenvalue weighted by Gasteiger charge is 2.44. The van der Waals surface area contributed by atoms with Crippen LogP contribution in [0, 0.1) is 30.9 Å². The molecule has 1 aromatic heterocycles. The van der Waals surface area contributed by atoms with E-state index in [-0.39, 0.29) is 22.8 Å². The molecule has 3 aromatic rings. The fraction of sp³-hybridized carbons (Fsp3) is 0.333. The smallest absolute Gasteiger partial charge is 0.418 e. The first-order valence-corrected chi connectivity index (χ1v) is 10.3. The number of benzene rings is 2. The molecule has 174 valence electrons. The van der Waals surface area contributed by atoms with Crippen molar-refractivity contribution >= 4 is 12.9 Å². The Labute approximate surface area is 186 Å². The summed E-state index contributed by atoms with van der Waals surface area (Å²) in [6, 6.07) is 9.34. The van der Waals surface area contributed by atoms with Crippen LogP contribution in [0.2, 0.25) is 0 Å². The highest BCUT2D eigenvalue weighted by Crippen LogP contribution is 2.41. The molecule has 0 saturated heterocycles. The lowest BCUT2D eigenvalue weighted by Gasteiger charge is -2.22. The van der Waals surface area contributed by atoms with Crippen molar-refractivity contribution in [1.82, 2.24) is 9.67 Å². The maximum absolute atomic E-state index is 11.2. The van der Waals surface area contributed by atoms with Gasteiger partial charge < -0.3 is 22.0 Å². The van der Waals surface area contributed by atoms with Crippen LogP contribution in [0.1, 0.15) is 39.7 Å². The van der Waals surface area contributed by atoms with E-state index in [9.17, 15) is 27.4 Å². The summed E-state index contributed by atoms with van der Waals surface area (Å²) in [5, 5.41) is 16.0. The molecule has 33 heavy (non-hydrogen) atoms. The standard InChI is InChI=1S/C21H21N4O3.BF4/c1-12-6-13(2)20(14(3)7-12)24-11-23-19(22-24)10-28-18-8-15-4-5-16(25(26)27)9-17(15)21(18)23;2-1(3,4)5/h4-7,9,11,18,21H,8,10H2,1-3H3;/q+1;-1/t18-,21+;/m0./s1. The Morgan fingerprint density at radius 2 is 1.79 bits per heavy atom. The van der Waals surface area contributed by atoms with E-state index in [1.165, 1.54) is 5.56 Å². The number of non-ortho nitro benzene ring substituents is 1. The van der Waals surface area contributed by atoms with E-state index in [1.54, 1.807) is 12.1 Å². The van der Waals surface area contributed by atoms with Crippen LogP contribution >= 0.6 is 0 Å². The van der Waals surface area contributed by atoms with Crippen LogP contribution in [0.15, 0.2) is 36.7 Å². The first-order valence-electron chi connectivity index (χ1n) is 10.3. The molecule has 0 N–H and O–H groups in total. The normalized spacial score (nSPS) is 18.6. The Morgan fingerprint density at radius 1 is 1.15 bits per heavy atom. The summed E-state index contributed by atoms with van der Waals surface area (Å²) in [6.45, 7) is 6.71. The predicted octanol–water partition coefficient (Wildman–Crippen LogP) is 4.34. The maximum Gasteiger partial charge on any atom is 0.673 e. The van der Waals surface area contributed by atoms with Crippen molar-refractivity contribution in [2.75, 3.05) is 0 Å². The molecule has 1 aliphatic carbocycles. The molecule has 2 heterocycles. The van der Waals surface area contributed by atoms with Crippen LogP contribution in [-0.4, -0.2) is 27.9 Å². The highest BCUT2D eigenvalue weighted by molar-refractivity contribution is 6.50. The fourth-order valence-corrected chi connectivity index (χ4v) is 4.71. The van der Waals surface area contributed by atoms with E-state index in [0.29, 0.717) is 6.61 Å². The number of halogens is 4. The van der Waals surface area contributed by atoms with Gasteiger partial charge in [-0.3, -0.25) is 10.1 Å². The van der Waals surface area contributed by atoms with E-state index >= 15 is 0 Å². The number of aromatic nitrogens is 3. The number of hydrogen-bond donors (Lipinski definition) is 0. The van der Waals surface area contributed by atoms with Crippen molar-refractivity contribution < 1.29 is 31.6 Å². The Morgan fingerprint density at radius 3 is 2.39 bits per heavy atom. The minimum Gasteiger partial charge on any atom is -0.418 e. The molecule has 0 bridgehead atoms. The van der Waals surface area contributed by atoms with Gasteiger partial charge >= 0.3 is 7.25 Å². The number of nitro groups is 1. The van der Waals surface area contributed by atoms with Gasteiger partial charge in [0.2, 0.25) is 0 Å². The van der Waals surface area contributed by atoms with Crippen LogP contribution < -0.4 is 4.68 Å². The van der Waals surface area contributed by atoms with Gasteiger partial charge in [-0.25, -0.2) is 4.57 Å². The molecule has 5 rings (SSSR count). The minimum atomic E-state index is -6.00. The van der Waals surface area contributed by atoms with Crippen molar-refractivity contribution in [1.29, 1.82) is 0 Å². The molecular formula is C21H21BF4N4O3. The summed E-state index contributed by atoms with van der Waals surface area (Å²) in [6.07, 6.45) is 2.75. The summed E-state index contributed by atoms with van der Waals surface area (Å²) >= 11 is 0. The summed E-state index contributed by atoms with van der Waals surface area (Å²) in [5.41, 5.74) is 6.81. The van der Waals surface area contributed by atoms with Gasteiger partial charge in [0.1, 0.15) is 12.7 Å².